The van der Waals surface area contributed by atoms with Gasteiger partial charge in [-0.2, -0.15) is 5.10 Å². The Balaban J connectivity index is 2.09. The number of halogens is 1. The molecule has 1 aliphatic rings. The van der Waals surface area contributed by atoms with Crippen molar-refractivity contribution in [3.63, 3.8) is 0 Å². The van der Waals surface area contributed by atoms with E-state index in [0.717, 1.165) is 30.6 Å². The van der Waals surface area contributed by atoms with Gasteiger partial charge in [0.2, 0.25) is 11.8 Å². The Bertz CT molecular complexity index is 651. The number of carbonyl (C=O) groups is 2. The smallest absolute Gasteiger partial charge is 0.246 e. The molecule has 24 heavy (non-hydrogen) atoms. The van der Waals surface area contributed by atoms with Crippen LogP contribution in [-0.2, 0) is 16.1 Å². The van der Waals surface area contributed by atoms with E-state index in [4.69, 9.17) is 17.3 Å². The fraction of sp³-hybridized carbons (Fsp3) is 0.588. The van der Waals surface area contributed by atoms with E-state index in [-0.39, 0.29) is 17.7 Å². The van der Waals surface area contributed by atoms with Crippen LogP contribution in [0.15, 0.2) is 6.08 Å². The summed E-state index contributed by atoms with van der Waals surface area (Å²) in [5.74, 6) is -0.298. The van der Waals surface area contributed by atoms with Crippen molar-refractivity contribution in [3.05, 3.63) is 22.5 Å². The molecule has 1 aromatic rings. The quantitative estimate of drug-likeness (QED) is 0.825. The number of likely N-dealkylation sites (tertiary alicyclic amines) is 1. The van der Waals surface area contributed by atoms with Gasteiger partial charge < -0.3 is 10.6 Å². The van der Waals surface area contributed by atoms with Crippen LogP contribution in [0.2, 0.25) is 5.15 Å². The summed E-state index contributed by atoms with van der Waals surface area (Å²) in [6.07, 6.45) is 4.74. The van der Waals surface area contributed by atoms with Gasteiger partial charge in [0, 0.05) is 31.3 Å². The summed E-state index contributed by atoms with van der Waals surface area (Å²) in [7, 11) is 0. The molecule has 0 aliphatic carbocycles. The number of primary amides is 1. The highest BCUT2D eigenvalue weighted by Gasteiger charge is 2.26. The highest BCUT2D eigenvalue weighted by atomic mass is 35.5. The number of rotatable bonds is 5. The summed E-state index contributed by atoms with van der Waals surface area (Å²) >= 11 is 6.37. The molecule has 2 heterocycles. The minimum absolute atomic E-state index is 0.131. The Morgan fingerprint density at radius 2 is 2.17 bits per heavy atom. The Morgan fingerprint density at radius 3 is 2.79 bits per heavy atom. The standard InChI is InChI=1S/C17H25ClN4O2/c1-11(2)9-22-16(18)14(12(3)20-22)6-7-15(23)21-8-4-5-13(10-21)17(19)24/h6-7,11,13H,4-5,8-10H2,1-3H3,(H2,19,24). The Labute approximate surface area is 147 Å². The van der Waals surface area contributed by atoms with Gasteiger partial charge in [0.05, 0.1) is 11.6 Å². The van der Waals surface area contributed by atoms with E-state index >= 15 is 0 Å². The van der Waals surface area contributed by atoms with Crippen LogP contribution >= 0.6 is 11.6 Å². The number of nitrogens with zero attached hydrogens (tertiary/aromatic N) is 3. The van der Waals surface area contributed by atoms with Gasteiger partial charge in [0.25, 0.3) is 0 Å². The van der Waals surface area contributed by atoms with Gasteiger partial charge in [-0.1, -0.05) is 25.4 Å². The molecule has 1 aliphatic heterocycles. The van der Waals surface area contributed by atoms with Gasteiger partial charge in [-0.15, -0.1) is 0 Å². The molecule has 1 saturated heterocycles. The third-order valence-corrected chi connectivity index (χ3v) is 4.57. The van der Waals surface area contributed by atoms with Crippen molar-refractivity contribution in [2.45, 2.75) is 40.2 Å². The lowest BCUT2D eigenvalue weighted by molar-refractivity contribution is -0.130. The summed E-state index contributed by atoms with van der Waals surface area (Å²) in [5, 5.41) is 4.96. The van der Waals surface area contributed by atoms with Crippen molar-refractivity contribution in [2.24, 2.45) is 17.6 Å². The number of amides is 2. The second-order valence-corrected chi connectivity index (χ2v) is 7.08. The van der Waals surface area contributed by atoms with E-state index in [1.807, 2.05) is 6.92 Å². The largest absolute Gasteiger partial charge is 0.369 e. The van der Waals surface area contributed by atoms with Crippen LogP contribution in [0.25, 0.3) is 6.08 Å². The minimum atomic E-state index is -0.342. The molecule has 132 valence electrons. The molecule has 1 fully saturated rings. The number of carbonyl (C=O) groups excluding carboxylic acids is 2. The maximum atomic E-state index is 12.4. The predicted molar refractivity (Wildman–Crippen MR) is 94.3 cm³/mol. The zero-order valence-corrected chi connectivity index (χ0v) is 15.2. The van der Waals surface area contributed by atoms with Crippen molar-refractivity contribution in [2.75, 3.05) is 13.1 Å². The summed E-state index contributed by atoms with van der Waals surface area (Å²) in [5.41, 5.74) is 6.90. The van der Waals surface area contributed by atoms with Gasteiger partial charge in [0.15, 0.2) is 0 Å². The van der Waals surface area contributed by atoms with Crippen LogP contribution in [0, 0.1) is 18.8 Å². The predicted octanol–water partition coefficient (Wildman–Crippen LogP) is 2.24. The van der Waals surface area contributed by atoms with Crippen molar-refractivity contribution in [1.29, 1.82) is 0 Å². The van der Waals surface area contributed by atoms with E-state index < -0.39 is 0 Å². The van der Waals surface area contributed by atoms with Crippen LogP contribution in [0.1, 0.15) is 37.9 Å². The zero-order valence-electron chi connectivity index (χ0n) is 14.5. The third kappa shape index (κ3) is 4.38. The molecule has 7 heteroatoms. The van der Waals surface area contributed by atoms with Crippen LogP contribution < -0.4 is 5.73 Å². The van der Waals surface area contributed by atoms with Crippen molar-refractivity contribution < 1.29 is 9.59 Å². The molecular formula is C17H25ClN4O2. The normalized spacial score (nSPS) is 18.5. The Hall–Kier alpha value is -1.82. The van der Waals surface area contributed by atoms with E-state index in [2.05, 4.69) is 18.9 Å². The molecule has 2 amide bonds. The van der Waals surface area contributed by atoms with Crippen molar-refractivity contribution in [1.82, 2.24) is 14.7 Å². The van der Waals surface area contributed by atoms with E-state index in [0.29, 0.717) is 24.2 Å². The fourth-order valence-corrected chi connectivity index (χ4v) is 3.20. The molecule has 2 rings (SSSR count). The minimum Gasteiger partial charge on any atom is -0.369 e. The Kier molecular flexibility index (Phi) is 6.04. The zero-order chi connectivity index (χ0) is 17.9. The van der Waals surface area contributed by atoms with E-state index in [1.165, 1.54) is 6.08 Å². The number of nitrogens with two attached hydrogens (primary N) is 1. The average molecular weight is 353 g/mol. The fourth-order valence-electron chi connectivity index (χ4n) is 2.89. The SMILES string of the molecule is Cc1nn(CC(C)C)c(Cl)c1C=CC(=O)N1CCCC(C(N)=O)C1. The molecule has 1 aromatic heterocycles. The van der Waals surface area contributed by atoms with Gasteiger partial charge in [-0.05, 0) is 31.8 Å². The highest BCUT2D eigenvalue weighted by Crippen LogP contribution is 2.23. The van der Waals surface area contributed by atoms with E-state index in [9.17, 15) is 9.59 Å². The van der Waals surface area contributed by atoms with Gasteiger partial charge in [0.1, 0.15) is 5.15 Å². The first-order valence-electron chi connectivity index (χ1n) is 8.28. The number of aromatic nitrogens is 2. The number of piperidine rings is 1. The molecule has 0 radical (unpaired) electrons. The first-order valence-corrected chi connectivity index (χ1v) is 8.66. The topological polar surface area (TPSA) is 81.2 Å². The second-order valence-electron chi connectivity index (χ2n) is 6.72. The van der Waals surface area contributed by atoms with Crippen LogP contribution in [0.3, 0.4) is 0 Å². The first kappa shape index (κ1) is 18.5. The third-order valence-electron chi connectivity index (χ3n) is 4.18. The first-order chi connectivity index (χ1) is 11.3. The molecular weight excluding hydrogens is 328 g/mol. The monoisotopic (exact) mass is 352 g/mol. The van der Waals surface area contributed by atoms with Gasteiger partial charge in [-0.25, -0.2) is 0 Å². The Morgan fingerprint density at radius 1 is 1.46 bits per heavy atom. The second kappa shape index (κ2) is 7.83. The molecule has 1 unspecified atom stereocenters. The van der Waals surface area contributed by atoms with Crippen LogP contribution in [0.4, 0.5) is 0 Å². The van der Waals surface area contributed by atoms with E-state index in [1.54, 1.807) is 15.7 Å². The maximum Gasteiger partial charge on any atom is 0.246 e. The molecule has 1 atom stereocenters. The molecule has 6 nitrogen and oxygen atoms in total. The maximum absolute atomic E-state index is 12.4. The van der Waals surface area contributed by atoms with Crippen LogP contribution in [-0.4, -0.2) is 39.6 Å². The molecule has 0 aromatic carbocycles. The molecule has 0 bridgehead atoms. The number of aryl methyl sites for hydroxylation is 1. The lowest BCUT2D eigenvalue weighted by atomic mass is 9.97. The van der Waals surface area contributed by atoms with Crippen molar-refractivity contribution in [3.8, 4) is 0 Å². The van der Waals surface area contributed by atoms with Gasteiger partial charge in [-0.3, -0.25) is 14.3 Å². The van der Waals surface area contributed by atoms with Crippen molar-refractivity contribution >= 4 is 29.5 Å². The molecule has 0 saturated carbocycles. The lowest BCUT2D eigenvalue weighted by Gasteiger charge is -2.30. The number of hydrogen-bond donors (Lipinski definition) is 1. The summed E-state index contributed by atoms with van der Waals surface area (Å²) in [4.78, 5) is 25.3. The average Bonchev–Trinajstić information content (AvgIpc) is 2.78. The van der Waals surface area contributed by atoms with Crippen LogP contribution in [0.5, 0.6) is 0 Å². The summed E-state index contributed by atoms with van der Waals surface area (Å²) in [6, 6.07) is 0. The van der Waals surface area contributed by atoms with Gasteiger partial charge >= 0.3 is 0 Å². The molecule has 0 spiro atoms. The lowest BCUT2D eigenvalue weighted by Crippen LogP contribution is -2.43. The number of hydrogen-bond acceptors (Lipinski definition) is 3. The summed E-state index contributed by atoms with van der Waals surface area (Å²) in [6.45, 7) is 7.82. The highest BCUT2D eigenvalue weighted by molar-refractivity contribution is 6.31. The molecule has 2 N–H and O–H groups in total. The summed E-state index contributed by atoms with van der Waals surface area (Å²) < 4.78 is 1.76.